The molecule has 2 aromatic rings. The first-order chi connectivity index (χ1) is 24.1. The van der Waals surface area contributed by atoms with Gasteiger partial charge in [0.25, 0.3) is 11.8 Å². The number of aromatic hydroxyl groups is 2. The minimum atomic E-state index is -0.586. The molecule has 50 heavy (non-hydrogen) atoms. The van der Waals surface area contributed by atoms with Crippen LogP contribution in [0.15, 0.2) is 36.4 Å². The minimum Gasteiger partial charge on any atom is -0.507 e. The molecule has 0 fully saturated rings. The molecule has 0 aliphatic heterocycles. The van der Waals surface area contributed by atoms with E-state index in [2.05, 4.69) is 35.6 Å². The summed E-state index contributed by atoms with van der Waals surface area (Å²) >= 11 is 0. The van der Waals surface area contributed by atoms with Gasteiger partial charge in [0.2, 0.25) is 11.8 Å². The molecule has 10 heteroatoms. The van der Waals surface area contributed by atoms with Crippen LogP contribution >= 0.6 is 0 Å². The van der Waals surface area contributed by atoms with E-state index in [0.717, 1.165) is 62.5 Å². The highest BCUT2D eigenvalue weighted by Gasteiger charge is 2.22. The van der Waals surface area contributed by atoms with E-state index in [1.165, 1.54) is 50.7 Å². The van der Waals surface area contributed by atoms with E-state index >= 15 is 0 Å². The van der Waals surface area contributed by atoms with Crippen LogP contribution in [0.5, 0.6) is 11.5 Å². The maximum absolute atomic E-state index is 13.1. The number of carbonyl (C=O) groups is 4. The maximum Gasteiger partial charge on any atom is 0.273 e. The zero-order valence-corrected chi connectivity index (χ0v) is 30.9. The van der Waals surface area contributed by atoms with Crippen LogP contribution in [0, 0.1) is 11.8 Å². The van der Waals surface area contributed by atoms with Crippen molar-refractivity contribution in [3.63, 3.8) is 0 Å². The molecule has 2 atom stereocenters. The molecule has 0 aliphatic carbocycles. The van der Waals surface area contributed by atoms with Crippen molar-refractivity contribution < 1.29 is 29.4 Å². The summed E-state index contributed by atoms with van der Waals surface area (Å²) in [5.41, 5.74) is 12.1. The van der Waals surface area contributed by atoms with Gasteiger partial charge < -0.3 is 10.2 Å². The number of hydrogen-bond donors (Lipinski definition) is 6. The number of rotatable bonds is 23. The average molecular weight is 695 g/mol. The monoisotopic (exact) mass is 694 g/mol. The SMILES string of the molecule is CCCCCCCc1ccc(O)c(C(=O)NNC(=O)C(C)CCCC(CCCC)C(=O)NNC(=O)c2cc(CCCCCCC)ccc2O)c1. The molecule has 10 nitrogen and oxygen atoms in total. The summed E-state index contributed by atoms with van der Waals surface area (Å²) in [5.74, 6) is -2.93. The smallest absolute Gasteiger partial charge is 0.273 e. The Morgan fingerprint density at radius 1 is 0.540 bits per heavy atom. The first kappa shape index (κ1) is 42.1. The Labute approximate surface area is 299 Å². The number of phenols is 2. The predicted octanol–water partition coefficient (Wildman–Crippen LogP) is 7.96. The van der Waals surface area contributed by atoms with E-state index in [9.17, 15) is 29.4 Å². The molecule has 0 saturated heterocycles. The van der Waals surface area contributed by atoms with Crippen LogP contribution in [0.4, 0.5) is 0 Å². The maximum atomic E-state index is 13.1. The van der Waals surface area contributed by atoms with E-state index in [1.807, 2.05) is 19.1 Å². The first-order valence-corrected chi connectivity index (χ1v) is 18.9. The van der Waals surface area contributed by atoms with Gasteiger partial charge in [-0.3, -0.25) is 40.9 Å². The lowest BCUT2D eigenvalue weighted by molar-refractivity contribution is -0.126. The van der Waals surface area contributed by atoms with Gasteiger partial charge in [0.1, 0.15) is 11.5 Å². The summed E-state index contributed by atoms with van der Waals surface area (Å²) < 4.78 is 0. The quantitative estimate of drug-likeness (QED) is 0.0512. The number of nitrogens with one attached hydrogen (secondary N) is 4. The van der Waals surface area contributed by atoms with Crippen LogP contribution in [0.1, 0.15) is 162 Å². The fraction of sp³-hybridized carbons (Fsp3) is 0.600. The first-order valence-electron chi connectivity index (χ1n) is 18.9. The molecule has 4 amide bonds. The molecule has 0 saturated carbocycles. The van der Waals surface area contributed by atoms with Crippen molar-refractivity contribution in [2.24, 2.45) is 11.8 Å². The normalized spacial score (nSPS) is 12.2. The van der Waals surface area contributed by atoms with E-state index in [1.54, 1.807) is 19.1 Å². The predicted molar refractivity (Wildman–Crippen MR) is 198 cm³/mol. The number of unbranched alkanes of at least 4 members (excludes halogenated alkanes) is 9. The van der Waals surface area contributed by atoms with Crippen LogP contribution in [0.2, 0.25) is 0 Å². The Hall–Kier alpha value is -4.08. The van der Waals surface area contributed by atoms with Gasteiger partial charge >= 0.3 is 0 Å². The van der Waals surface area contributed by atoms with E-state index in [0.29, 0.717) is 25.7 Å². The van der Waals surface area contributed by atoms with E-state index in [-0.39, 0.29) is 40.4 Å². The zero-order valence-electron chi connectivity index (χ0n) is 30.9. The highest BCUT2D eigenvalue weighted by atomic mass is 16.3. The summed E-state index contributed by atoms with van der Waals surface area (Å²) in [5, 5.41) is 20.6. The molecule has 2 aromatic carbocycles. The van der Waals surface area contributed by atoms with Crippen molar-refractivity contribution >= 4 is 23.6 Å². The van der Waals surface area contributed by atoms with Gasteiger partial charge in [-0.2, -0.15) is 0 Å². The summed E-state index contributed by atoms with van der Waals surface area (Å²) in [6, 6.07) is 10.0. The summed E-state index contributed by atoms with van der Waals surface area (Å²) in [4.78, 5) is 51.5. The fourth-order valence-electron chi connectivity index (χ4n) is 5.96. The fourth-order valence-corrected chi connectivity index (χ4v) is 5.96. The van der Waals surface area contributed by atoms with Crippen LogP contribution in [-0.4, -0.2) is 33.8 Å². The Bertz CT molecular complexity index is 1350. The molecular weight excluding hydrogens is 632 g/mol. The molecule has 0 spiro atoms. The van der Waals surface area contributed by atoms with E-state index < -0.39 is 17.7 Å². The summed E-state index contributed by atoms with van der Waals surface area (Å²) in [7, 11) is 0. The second-order valence-corrected chi connectivity index (χ2v) is 13.6. The van der Waals surface area contributed by atoms with Crippen LogP contribution < -0.4 is 21.7 Å². The lowest BCUT2D eigenvalue weighted by atomic mass is 9.92. The summed E-state index contributed by atoms with van der Waals surface area (Å²) in [6.45, 7) is 8.15. The van der Waals surface area contributed by atoms with Crippen molar-refractivity contribution in [2.45, 2.75) is 143 Å². The number of carbonyl (C=O) groups excluding carboxylic acids is 4. The Kier molecular flexibility index (Phi) is 20.3. The second-order valence-electron chi connectivity index (χ2n) is 13.6. The third kappa shape index (κ3) is 15.6. The molecule has 2 unspecified atom stereocenters. The third-order valence-corrected chi connectivity index (χ3v) is 9.26. The van der Waals surface area contributed by atoms with Gasteiger partial charge in [-0.15, -0.1) is 0 Å². The number of aryl methyl sites for hydroxylation is 2. The standard InChI is InChI=1S/C40H62N4O6/c1-5-8-11-13-15-19-30-23-25-35(45)33(27-30)39(49)43-41-37(47)29(4)18-17-22-32(21-10-7-3)38(48)42-44-40(50)34-28-31(24-26-36(34)46)20-16-14-12-9-6-2/h23-29,32,45-46H,5-22H2,1-4H3,(H,41,47)(H,42,48)(H,43,49)(H,44,50). The number of hydrazine groups is 2. The number of benzene rings is 2. The van der Waals surface area contributed by atoms with Crippen LogP contribution in [0.3, 0.4) is 0 Å². The topological polar surface area (TPSA) is 157 Å². The lowest BCUT2D eigenvalue weighted by Crippen LogP contribution is -2.45. The largest absolute Gasteiger partial charge is 0.507 e. The third-order valence-electron chi connectivity index (χ3n) is 9.26. The molecular formula is C40H62N4O6. The average Bonchev–Trinajstić information content (AvgIpc) is 3.11. The highest BCUT2D eigenvalue weighted by Crippen LogP contribution is 2.22. The van der Waals surface area contributed by atoms with E-state index in [4.69, 9.17) is 0 Å². The van der Waals surface area contributed by atoms with Crippen molar-refractivity contribution in [1.82, 2.24) is 21.7 Å². The molecule has 0 heterocycles. The molecule has 0 radical (unpaired) electrons. The summed E-state index contributed by atoms with van der Waals surface area (Å²) in [6.07, 6.45) is 17.0. The lowest BCUT2D eigenvalue weighted by Gasteiger charge is -2.18. The Balaban J connectivity index is 1.83. The van der Waals surface area contributed by atoms with Crippen LogP contribution in [-0.2, 0) is 22.4 Å². The van der Waals surface area contributed by atoms with Gasteiger partial charge in [0, 0.05) is 11.8 Å². The minimum absolute atomic E-state index is 0.113. The number of phenolic OH excluding ortho intramolecular Hbond substituents is 2. The van der Waals surface area contributed by atoms with Crippen molar-refractivity contribution in [3.8, 4) is 11.5 Å². The van der Waals surface area contributed by atoms with Crippen LogP contribution in [0.25, 0.3) is 0 Å². The van der Waals surface area contributed by atoms with Crippen molar-refractivity contribution in [1.29, 1.82) is 0 Å². The van der Waals surface area contributed by atoms with Gasteiger partial charge in [-0.05, 0) is 80.3 Å². The number of hydrogen-bond acceptors (Lipinski definition) is 6. The van der Waals surface area contributed by atoms with Gasteiger partial charge in [0.15, 0.2) is 0 Å². The highest BCUT2D eigenvalue weighted by molar-refractivity contribution is 5.98. The van der Waals surface area contributed by atoms with Gasteiger partial charge in [0.05, 0.1) is 11.1 Å². The number of amides is 4. The molecule has 0 aliphatic rings. The Morgan fingerprint density at radius 2 is 0.980 bits per heavy atom. The van der Waals surface area contributed by atoms with Gasteiger partial charge in [-0.1, -0.05) is 110 Å². The zero-order chi connectivity index (χ0) is 36.7. The molecule has 6 N–H and O–H groups in total. The second kappa shape index (κ2) is 24.1. The molecule has 2 rings (SSSR count). The molecule has 278 valence electrons. The van der Waals surface area contributed by atoms with Gasteiger partial charge in [-0.25, -0.2) is 0 Å². The molecule has 0 bridgehead atoms. The van der Waals surface area contributed by atoms with Crippen molar-refractivity contribution in [3.05, 3.63) is 58.7 Å². The molecule has 0 aromatic heterocycles. The Morgan fingerprint density at radius 3 is 1.46 bits per heavy atom. The van der Waals surface area contributed by atoms with Crippen molar-refractivity contribution in [2.75, 3.05) is 0 Å².